The first-order valence-corrected chi connectivity index (χ1v) is 11.2. The van der Waals surface area contributed by atoms with Gasteiger partial charge in [0.2, 0.25) is 5.91 Å². The van der Waals surface area contributed by atoms with Crippen molar-refractivity contribution in [2.24, 2.45) is 0 Å². The summed E-state index contributed by atoms with van der Waals surface area (Å²) in [7, 11) is 0. The van der Waals surface area contributed by atoms with Crippen LogP contribution in [0.25, 0.3) is 5.69 Å². The molecule has 0 saturated heterocycles. The standard InChI is InChI=1S/C25H21N5O2S/c1-18-8-10-22(11-9-18)30-17-27-29-25(30)33-16-24(31)28-21-6-3-7-23(13-21)32-15-20-5-2-4-19(12-20)14-26/h2-13,17H,15-16H2,1H3,(H,28,31). The van der Waals surface area contributed by atoms with Crippen molar-refractivity contribution in [3.63, 3.8) is 0 Å². The molecule has 0 radical (unpaired) electrons. The van der Waals surface area contributed by atoms with Crippen molar-refractivity contribution >= 4 is 23.4 Å². The Morgan fingerprint density at radius 1 is 1.12 bits per heavy atom. The maximum atomic E-state index is 12.5. The summed E-state index contributed by atoms with van der Waals surface area (Å²) in [6.45, 7) is 2.36. The van der Waals surface area contributed by atoms with Crippen LogP contribution >= 0.6 is 11.8 Å². The summed E-state index contributed by atoms with van der Waals surface area (Å²) in [6, 6.07) is 24.6. The van der Waals surface area contributed by atoms with Crippen LogP contribution in [-0.2, 0) is 11.4 Å². The van der Waals surface area contributed by atoms with Gasteiger partial charge in [-0.2, -0.15) is 5.26 Å². The van der Waals surface area contributed by atoms with E-state index in [1.165, 1.54) is 17.3 Å². The first kappa shape index (κ1) is 22.1. The number of rotatable bonds is 8. The van der Waals surface area contributed by atoms with E-state index < -0.39 is 0 Å². The van der Waals surface area contributed by atoms with E-state index >= 15 is 0 Å². The van der Waals surface area contributed by atoms with E-state index in [-0.39, 0.29) is 11.7 Å². The molecule has 4 rings (SSSR count). The Morgan fingerprint density at radius 3 is 2.76 bits per heavy atom. The maximum absolute atomic E-state index is 12.5. The number of nitriles is 1. The fourth-order valence-corrected chi connectivity index (χ4v) is 3.82. The molecule has 1 heterocycles. The summed E-state index contributed by atoms with van der Waals surface area (Å²) < 4.78 is 7.67. The topological polar surface area (TPSA) is 92.8 Å². The number of nitrogens with zero attached hydrogens (tertiary/aromatic N) is 4. The summed E-state index contributed by atoms with van der Waals surface area (Å²) in [5.74, 6) is 0.663. The first-order valence-electron chi connectivity index (χ1n) is 10.2. The molecule has 0 unspecified atom stereocenters. The van der Waals surface area contributed by atoms with Crippen LogP contribution in [0.5, 0.6) is 5.75 Å². The molecule has 164 valence electrons. The molecule has 0 aliphatic rings. The van der Waals surface area contributed by atoms with Gasteiger partial charge in [-0.05, 0) is 48.9 Å². The predicted molar refractivity (Wildman–Crippen MR) is 127 cm³/mol. The van der Waals surface area contributed by atoms with E-state index in [1.54, 1.807) is 30.6 Å². The third-order valence-corrected chi connectivity index (χ3v) is 5.68. The molecular formula is C25H21N5O2S. The van der Waals surface area contributed by atoms with Crippen molar-refractivity contribution in [3.05, 3.63) is 95.8 Å². The highest BCUT2D eigenvalue weighted by molar-refractivity contribution is 7.99. The molecule has 4 aromatic rings. The van der Waals surface area contributed by atoms with Gasteiger partial charge in [-0.25, -0.2) is 0 Å². The monoisotopic (exact) mass is 455 g/mol. The largest absolute Gasteiger partial charge is 0.489 e. The number of ether oxygens (including phenoxy) is 1. The van der Waals surface area contributed by atoms with Gasteiger partial charge >= 0.3 is 0 Å². The number of amides is 1. The Labute approximate surface area is 196 Å². The number of aryl methyl sites for hydroxylation is 1. The molecule has 0 saturated carbocycles. The lowest BCUT2D eigenvalue weighted by molar-refractivity contribution is -0.113. The van der Waals surface area contributed by atoms with Gasteiger partial charge in [-0.15, -0.1) is 10.2 Å². The average molecular weight is 456 g/mol. The highest BCUT2D eigenvalue weighted by Crippen LogP contribution is 2.22. The Morgan fingerprint density at radius 2 is 1.94 bits per heavy atom. The molecule has 0 aliphatic heterocycles. The molecule has 1 aromatic heterocycles. The molecule has 33 heavy (non-hydrogen) atoms. The summed E-state index contributed by atoms with van der Waals surface area (Å²) in [5, 5.41) is 20.7. The van der Waals surface area contributed by atoms with Crippen molar-refractivity contribution in [1.82, 2.24) is 14.8 Å². The van der Waals surface area contributed by atoms with Crippen LogP contribution in [0.15, 0.2) is 84.3 Å². The van der Waals surface area contributed by atoms with E-state index in [9.17, 15) is 4.79 Å². The molecule has 7 nitrogen and oxygen atoms in total. The number of carbonyl (C=O) groups excluding carboxylic acids is 1. The van der Waals surface area contributed by atoms with Gasteiger partial charge in [0.15, 0.2) is 5.16 Å². The number of nitrogens with one attached hydrogen (secondary N) is 1. The SMILES string of the molecule is Cc1ccc(-n2cnnc2SCC(=O)Nc2cccc(OCc3cccc(C#N)c3)c2)cc1. The van der Waals surface area contributed by atoms with Crippen molar-refractivity contribution in [3.8, 4) is 17.5 Å². The van der Waals surface area contributed by atoms with Gasteiger partial charge in [0.05, 0.1) is 17.4 Å². The third kappa shape index (κ3) is 5.99. The lowest BCUT2D eigenvalue weighted by Crippen LogP contribution is -2.14. The third-order valence-electron chi connectivity index (χ3n) is 4.74. The van der Waals surface area contributed by atoms with Crippen LogP contribution < -0.4 is 10.1 Å². The molecule has 0 aliphatic carbocycles. The van der Waals surface area contributed by atoms with Gasteiger partial charge in [0.1, 0.15) is 18.7 Å². The number of hydrogen-bond donors (Lipinski definition) is 1. The van der Waals surface area contributed by atoms with Crippen LogP contribution in [0.1, 0.15) is 16.7 Å². The second-order valence-corrected chi connectivity index (χ2v) is 8.23. The second kappa shape index (κ2) is 10.5. The van der Waals surface area contributed by atoms with Gasteiger partial charge in [-0.3, -0.25) is 9.36 Å². The fourth-order valence-electron chi connectivity index (χ4n) is 3.09. The Kier molecular flexibility index (Phi) is 7.03. The molecular weight excluding hydrogens is 434 g/mol. The highest BCUT2D eigenvalue weighted by atomic mass is 32.2. The van der Waals surface area contributed by atoms with Crippen molar-refractivity contribution in [2.45, 2.75) is 18.7 Å². The van der Waals surface area contributed by atoms with E-state index in [0.717, 1.165) is 11.3 Å². The van der Waals surface area contributed by atoms with Crippen LogP contribution in [0, 0.1) is 18.3 Å². The Balaban J connectivity index is 1.33. The lowest BCUT2D eigenvalue weighted by atomic mass is 10.1. The van der Waals surface area contributed by atoms with Gasteiger partial charge < -0.3 is 10.1 Å². The molecule has 1 amide bonds. The quantitative estimate of drug-likeness (QED) is 0.385. The molecule has 0 fully saturated rings. The molecule has 0 spiro atoms. The second-order valence-electron chi connectivity index (χ2n) is 7.28. The molecule has 1 N–H and O–H groups in total. The minimum absolute atomic E-state index is 0.155. The predicted octanol–water partition coefficient (Wildman–Crippen LogP) is 4.76. The Bertz CT molecular complexity index is 1290. The van der Waals surface area contributed by atoms with Gasteiger partial charge in [0.25, 0.3) is 0 Å². The van der Waals surface area contributed by atoms with Crippen molar-refractivity contribution < 1.29 is 9.53 Å². The molecule has 0 bridgehead atoms. The number of carbonyl (C=O) groups is 1. The van der Waals surface area contributed by atoms with Crippen LogP contribution in [0.4, 0.5) is 5.69 Å². The summed E-state index contributed by atoms with van der Waals surface area (Å²) in [4.78, 5) is 12.5. The zero-order chi connectivity index (χ0) is 23.0. The summed E-state index contributed by atoms with van der Waals surface area (Å²) >= 11 is 1.32. The number of anilines is 1. The number of thioether (sulfide) groups is 1. The number of benzene rings is 3. The highest BCUT2D eigenvalue weighted by Gasteiger charge is 2.11. The van der Waals surface area contributed by atoms with Crippen LogP contribution in [0.2, 0.25) is 0 Å². The van der Waals surface area contributed by atoms with Gasteiger partial charge in [0, 0.05) is 17.4 Å². The molecule has 0 atom stereocenters. The minimum Gasteiger partial charge on any atom is -0.489 e. The number of hydrogen-bond acceptors (Lipinski definition) is 6. The lowest BCUT2D eigenvalue weighted by Gasteiger charge is -2.10. The molecule has 3 aromatic carbocycles. The zero-order valence-electron chi connectivity index (χ0n) is 17.9. The maximum Gasteiger partial charge on any atom is 0.234 e. The van der Waals surface area contributed by atoms with Crippen LogP contribution in [-0.4, -0.2) is 26.4 Å². The van der Waals surface area contributed by atoms with E-state index in [4.69, 9.17) is 10.00 Å². The number of aromatic nitrogens is 3. The summed E-state index contributed by atoms with van der Waals surface area (Å²) in [6.07, 6.45) is 1.64. The minimum atomic E-state index is -0.155. The van der Waals surface area contributed by atoms with E-state index in [1.807, 2.05) is 60.0 Å². The van der Waals surface area contributed by atoms with Gasteiger partial charge in [-0.1, -0.05) is 47.7 Å². The first-order chi connectivity index (χ1) is 16.1. The van der Waals surface area contributed by atoms with E-state index in [0.29, 0.717) is 28.8 Å². The van der Waals surface area contributed by atoms with E-state index in [2.05, 4.69) is 21.6 Å². The van der Waals surface area contributed by atoms with Crippen molar-refractivity contribution in [2.75, 3.05) is 11.1 Å². The fraction of sp³-hybridized carbons (Fsp3) is 0.120. The van der Waals surface area contributed by atoms with Crippen LogP contribution in [0.3, 0.4) is 0 Å². The molecule has 8 heteroatoms. The Hall–Kier alpha value is -4.09. The average Bonchev–Trinajstić information content (AvgIpc) is 3.31. The van der Waals surface area contributed by atoms with Crippen molar-refractivity contribution in [1.29, 1.82) is 5.26 Å². The smallest absolute Gasteiger partial charge is 0.234 e. The summed E-state index contributed by atoms with van der Waals surface area (Å²) in [5.41, 5.74) is 4.25. The normalized spacial score (nSPS) is 10.4. The zero-order valence-corrected chi connectivity index (χ0v) is 18.7.